The molecule has 32 heavy (non-hydrogen) atoms. The molecule has 0 unspecified atom stereocenters. The lowest BCUT2D eigenvalue weighted by Crippen LogP contribution is -2.41. The van der Waals surface area contributed by atoms with E-state index in [0.29, 0.717) is 18.0 Å². The predicted octanol–water partition coefficient (Wildman–Crippen LogP) is 4.53. The molecular weight excluding hydrogens is 404 g/mol. The van der Waals surface area contributed by atoms with Gasteiger partial charge in [0.25, 0.3) is 5.91 Å². The molecule has 2 fully saturated rings. The highest BCUT2D eigenvalue weighted by Gasteiger charge is 2.68. The third-order valence-corrected chi connectivity index (χ3v) is 6.21. The van der Waals surface area contributed by atoms with E-state index in [-0.39, 0.29) is 11.8 Å². The SMILES string of the molecule is CCOc1ccc(N2C(=O)[C@@H]3ON(c4ccccc4)[C@H](c4ccccc4)[C@]3(C)C2=O)cc1. The van der Waals surface area contributed by atoms with E-state index in [1.54, 1.807) is 29.3 Å². The van der Waals surface area contributed by atoms with Gasteiger partial charge in [-0.25, -0.2) is 9.96 Å². The Balaban J connectivity index is 1.57. The Kier molecular flexibility index (Phi) is 4.94. The average Bonchev–Trinajstić information content (AvgIpc) is 3.24. The maximum Gasteiger partial charge on any atom is 0.266 e. The highest BCUT2D eigenvalue weighted by atomic mass is 16.7. The molecule has 2 heterocycles. The summed E-state index contributed by atoms with van der Waals surface area (Å²) in [6, 6.07) is 25.8. The van der Waals surface area contributed by atoms with E-state index in [0.717, 1.165) is 11.3 Å². The van der Waals surface area contributed by atoms with Crippen molar-refractivity contribution in [3.63, 3.8) is 0 Å². The van der Waals surface area contributed by atoms with Crippen LogP contribution in [0.5, 0.6) is 5.75 Å². The Hall–Kier alpha value is -3.64. The number of rotatable bonds is 5. The van der Waals surface area contributed by atoms with Gasteiger partial charge < -0.3 is 4.74 Å². The van der Waals surface area contributed by atoms with Gasteiger partial charge in [0.15, 0.2) is 6.10 Å². The number of anilines is 2. The van der Waals surface area contributed by atoms with Crippen LogP contribution in [-0.4, -0.2) is 24.5 Å². The van der Waals surface area contributed by atoms with Gasteiger partial charge in [-0.3, -0.25) is 14.4 Å². The molecule has 0 radical (unpaired) electrons. The van der Waals surface area contributed by atoms with Crippen LogP contribution < -0.4 is 14.7 Å². The molecule has 3 aromatic rings. The number of benzene rings is 3. The maximum atomic E-state index is 13.9. The van der Waals surface area contributed by atoms with Gasteiger partial charge in [-0.15, -0.1) is 0 Å². The van der Waals surface area contributed by atoms with Crippen molar-refractivity contribution in [2.45, 2.75) is 26.0 Å². The summed E-state index contributed by atoms with van der Waals surface area (Å²) in [5, 5.41) is 1.71. The van der Waals surface area contributed by atoms with E-state index in [1.165, 1.54) is 4.90 Å². The van der Waals surface area contributed by atoms with E-state index in [2.05, 4.69) is 0 Å². The number of para-hydroxylation sites is 1. The number of ether oxygens (including phenoxy) is 1. The summed E-state index contributed by atoms with van der Waals surface area (Å²) in [6.07, 6.45) is -0.924. The van der Waals surface area contributed by atoms with Crippen LogP contribution in [0.2, 0.25) is 0 Å². The van der Waals surface area contributed by atoms with Gasteiger partial charge in [-0.05, 0) is 55.8 Å². The summed E-state index contributed by atoms with van der Waals surface area (Å²) >= 11 is 0. The van der Waals surface area contributed by atoms with E-state index < -0.39 is 17.6 Å². The highest BCUT2D eigenvalue weighted by molar-refractivity contribution is 6.25. The first-order valence-electron chi connectivity index (χ1n) is 10.7. The molecule has 3 aromatic carbocycles. The van der Waals surface area contributed by atoms with Crippen molar-refractivity contribution in [3.8, 4) is 5.75 Å². The summed E-state index contributed by atoms with van der Waals surface area (Å²) in [5.41, 5.74) is 1.13. The zero-order valence-electron chi connectivity index (χ0n) is 18.0. The minimum Gasteiger partial charge on any atom is -0.494 e. The normalized spacial score (nSPS) is 24.7. The van der Waals surface area contributed by atoms with Gasteiger partial charge in [0.2, 0.25) is 5.91 Å². The molecule has 5 rings (SSSR count). The van der Waals surface area contributed by atoms with Crippen LogP contribution in [-0.2, 0) is 14.4 Å². The van der Waals surface area contributed by atoms with Gasteiger partial charge in [-0.2, -0.15) is 0 Å². The van der Waals surface area contributed by atoms with Crippen molar-refractivity contribution in [2.75, 3.05) is 16.6 Å². The third kappa shape index (κ3) is 2.99. The molecule has 2 amide bonds. The van der Waals surface area contributed by atoms with Gasteiger partial charge >= 0.3 is 0 Å². The molecule has 0 aromatic heterocycles. The molecule has 162 valence electrons. The molecule has 2 aliphatic rings. The van der Waals surface area contributed by atoms with Crippen LogP contribution >= 0.6 is 0 Å². The van der Waals surface area contributed by atoms with Crippen molar-refractivity contribution >= 4 is 23.2 Å². The number of hydrogen-bond acceptors (Lipinski definition) is 5. The molecule has 2 saturated heterocycles. The zero-order valence-corrected chi connectivity index (χ0v) is 18.0. The first kappa shape index (κ1) is 20.3. The van der Waals surface area contributed by atoms with Crippen LogP contribution in [0.4, 0.5) is 11.4 Å². The number of fused-ring (bicyclic) bond motifs is 1. The van der Waals surface area contributed by atoms with Gasteiger partial charge in [-0.1, -0.05) is 48.5 Å². The maximum absolute atomic E-state index is 13.9. The molecule has 0 N–H and O–H groups in total. The average molecular weight is 428 g/mol. The second kappa shape index (κ2) is 7.80. The fraction of sp³-hybridized carbons (Fsp3) is 0.231. The Labute approximate surface area is 186 Å². The third-order valence-electron chi connectivity index (χ3n) is 6.21. The van der Waals surface area contributed by atoms with Crippen LogP contribution in [0, 0.1) is 5.41 Å². The number of amides is 2. The monoisotopic (exact) mass is 428 g/mol. The van der Waals surface area contributed by atoms with E-state index in [4.69, 9.17) is 9.57 Å². The van der Waals surface area contributed by atoms with E-state index in [1.807, 2.05) is 74.5 Å². The fourth-order valence-electron chi connectivity index (χ4n) is 4.66. The number of hydrogen-bond donors (Lipinski definition) is 0. The molecule has 0 spiro atoms. The highest BCUT2D eigenvalue weighted by Crippen LogP contribution is 2.55. The summed E-state index contributed by atoms with van der Waals surface area (Å²) in [6.45, 7) is 4.28. The summed E-state index contributed by atoms with van der Waals surface area (Å²) in [4.78, 5) is 34.8. The Bertz CT molecular complexity index is 1130. The molecule has 3 atom stereocenters. The lowest BCUT2D eigenvalue weighted by molar-refractivity contribution is -0.128. The Morgan fingerprint density at radius 2 is 1.50 bits per heavy atom. The standard InChI is InChI=1S/C26H24N2O4/c1-3-31-21-16-14-19(15-17-21)27-24(29)23-26(2,25(27)30)22(18-10-6-4-7-11-18)28(32-23)20-12-8-5-9-13-20/h4-17,22-23H,3H2,1-2H3/t22-,23+,26+/m1/s1. The molecule has 0 aliphatic carbocycles. The smallest absolute Gasteiger partial charge is 0.266 e. The number of carbonyl (C=O) groups is 2. The lowest BCUT2D eigenvalue weighted by atomic mass is 9.76. The second-order valence-electron chi connectivity index (χ2n) is 8.15. The fourth-order valence-corrected chi connectivity index (χ4v) is 4.66. The largest absolute Gasteiger partial charge is 0.494 e. The van der Waals surface area contributed by atoms with Crippen molar-refractivity contribution in [3.05, 3.63) is 90.5 Å². The topological polar surface area (TPSA) is 59.1 Å². The molecule has 0 bridgehead atoms. The van der Waals surface area contributed by atoms with Crippen molar-refractivity contribution in [1.29, 1.82) is 0 Å². The number of imide groups is 1. The quantitative estimate of drug-likeness (QED) is 0.559. The number of nitrogens with zero attached hydrogens (tertiary/aromatic N) is 2. The summed E-state index contributed by atoms with van der Waals surface area (Å²) in [5.74, 6) is 0.0559. The van der Waals surface area contributed by atoms with Gasteiger partial charge in [0.1, 0.15) is 11.2 Å². The number of hydroxylamine groups is 1. The van der Waals surface area contributed by atoms with Crippen molar-refractivity contribution < 1.29 is 19.2 Å². The van der Waals surface area contributed by atoms with Gasteiger partial charge in [0.05, 0.1) is 24.0 Å². The molecular formula is C26H24N2O4. The van der Waals surface area contributed by atoms with Gasteiger partial charge in [0, 0.05) is 0 Å². The van der Waals surface area contributed by atoms with E-state index >= 15 is 0 Å². The first-order valence-corrected chi connectivity index (χ1v) is 10.7. The second-order valence-corrected chi connectivity index (χ2v) is 8.15. The summed E-state index contributed by atoms with van der Waals surface area (Å²) in [7, 11) is 0. The van der Waals surface area contributed by atoms with Crippen LogP contribution in [0.25, 0.3) is 0 Å². The Morgan fingerprint density at radius 1 is 0.875 bits per heavy atom. The Morgan fingerprint density at radius 3 is 2.12 bits per heavy atom. The molecule has 6 heteroatoms. The number of carbonyl (C=O) groups excluding carboxylic acids is 2. The van der Waals surface area contributed by atoms with Crippen LogP contribution in [0.3, 0.4) is 0 Å². The van der Waals surface area contributed by atoms with E-state index in [9.17, 15) is 9.59 Å². The van der Waals surface area contributed by atoms with Crippen LogP contribution in [0.15, 0.2) is 84.9 Å². The van der Waals surface area contributed by atoms with Crippen molar-refractivity contribution in [1.82, 2.24) is 0 Å². The molecule has 6 nitrogen and oxygen atoms in total. The predicted molar refractivity (Wildman–Crippen MR) is 121 cm³/mol. The minimum atomic E-state index is -1.09. The molecule has 2 aliphatic heterocycles. The van der Waals surface area contributed by atoms with Crippen molar-refractivity contribution in [2.24, 2.45) is 5.41 Å². The molecule has 0 saturated carbocycles. The lowest BCUT2D eigenvalue weighted by Gasteiger charge is -2.32. The minimum absolute atomic E-state index is 0.274. The first-order chi connectivity index (χ1) is 15.6. The summed E-state index contributed by atoms with van der Waals surface area (Å²) < 4.78 is 5.49. The zero-order chi connectivity index (χ0) is 22.3. The van der Waals surface area contributed by atoms with Crippen LogP contribution in [0.1, 0.15) is 25.5 Å².